The van der Waals surface area contributed by atoms with Gasteiger partial charge in [-0.15, -0.1) is 5.10 Å². The maximum absolute atomic E-state index is 12.0. The van der Waals surface area contributed by atoms with Gasteiger partial charge in [0, 0.05) is 12.1 Å². The second kappa shape index (κ2) is 6.27. The molecule has 1 amide bonds. The summed E-state index contributed by atoms with van der Waals surface area (Å²) in [6.07, 6.45) is 0.820. The van der Waals surface area contributed by atoms with Crippen LogP contribution in [0.5, 0.6) is 0 Å². The number of aromatic nitrogens is 4. The fourth-order valence-corrected chi connectivity index (χ4v) is 1.76. The maximum Gasteiger partial charge on any atom is 0.270 e. The van der Waals surface area contributed by atoms with Crippen LogP contribution in [-0.2, 0) is 6.54 Å². The summed E-state index contributed by atoms with van der Waals surface area (Å²) in [5, 5.41) is 24.5. The average Bonchev–Trinajstić information content (AvgIpc) is 2.86. The van der Waals surface area contributed by atoms with Crippen LogP contribution in [0.25, 0.3) is 0 Å². The number of carbonyl (C=O) groups is 1. The van der Waals surface area contributed by atoms with Crippen LogP contribution in [0.4, 0.5) is 11.6 Å². The molecule has 9 nitrogen and oxygen atoms in total. The molecule has 0 atom stereocenters. The predicted octanol–water partition coefficient (Wildman–Crippen LogP) is 1.90. The number of carbonyl (C=O) groups excluding carboxylic acids is 1. The summed E-state index contributed by atoms with van der Waals surface area (Å²) in [6, 6.07) is 3.60. The van der Waals surface area contributed by atoms with Crippen molar-refractivity contribution in [3.63, 3.8) is 0 Å². The van der Waals surface area contributed by atoms with E-state index in [2.05, 4.69) is 20.7 Å². The number of nitrogens with zero attached hydrogens (tertiary/aromatic N) is 5. The SMILES string of the molecule is CCCn1nnc(NC(=O)c2cc([N+](=O)[O-])ccc2Cl)n1. The topological polar surface area (TPSA) is 116 Å². The van der Waals surface area contributed by atoms with Crippen LogP contribution in [0.1, 0.15) is 23.7 Å². The van der Waals surface area contributed by atoms with Gasteiger partial charge in [0.2, 0.25) is 0 Å². The Morgan fingerprint density at radius 2 is 2.29 bits per heavy atom. The molecular weight excluding hydrogens is 300 g/mol. The Balaban J connectivity index is 2.19. The lowest BCUT2D eigenvalue weighted by molar-refractivity contribution is -0.384. The van der Waals surface area contributed by atoms with Gasteiger partial charge in [0.25, 0.3) is 17.5 Å². The van der Waals surface area contributed by atoms with E-state index in [0.717, 1.165) is 12.5 Å². The third kappa shape index (κ3) is 3.51. The number of hydrogen-bond donors (Lipinski definition) is 1. The zero-order valence-corrected chi connectivity index (χ0v) is 11.7. The van der Waals surface area contributed by atoms with Gasteiger partial charge >= 0.3 is 0 Å². The van der Waals surface area contributed by atoms with E-state index in [1.54, 1.807) is 0 Å². The van der Waals surface area contributed by atoms with Crippen molar-refractivity contribution in [2.45, 2.75) is 19.9 Å². The highest BCUT2D eigenvalue weighted by molar-refractivity contribution is 6.34. The van der Waals surface area contributed by atoms with Gasteiger partial charge in [-0.2, -0.15) is 4.80 Å². The summed E-state index contributed by atoms with van der Waals surface area (Å²) in [5.41, 5.74) is -0.259. The molecule has 0 aliphatic rings. The van der Waals surface area contributed by atoms with E-state index in [1.807, 2.05) is 6.92 Å². The number of tetrazole rings is 1. The van der Waals surface area contributed by atoms with Crippen LogP contribution in [0.3, 0.4) is 0 Å². The van der Waals surface area contributed by atoms with Crippen LogP contribution < -0.4 is 5.32 Å². The number of hydrogen-bond acceptors (Lipinski definition) is 6. The third-order valence-corrected chi connectivity index (χ3v) is 2.84. The molecule has 21 heavy (non-hydrogen) atoms. The second-order valence-electron chi connectivity index (χ2n) is 4.08. The minimum absolute atomic E-state index is 0.0102. The average molecular weight is 311 g/mol. The highest BCUT2D eigenvalue weighted by atomic mass is 35.5. The van der Waals surface area contributed by atoms with Crippen LogP contribution in [-0.4, -0.2) is 31.0 Å². The molecule has 0 radical (unpaired) electrons. The Morgan fingerprint density at radius 1 is 1.52 bits per heavy atom. The zero-order valence-electron chi connectivity index (χ0n) is 11.0. The number of aryl methyl sites for hydroxylation is 1. The number of nitro benzene ring substituents is 1. The highest BCUT2D eigenvalue weighted by Gasteiger charge is 2.17. The molecule has 1 heterocycles. The Morgan fingerprint density at radius 3 is 2.95 bits per heavy atom. The monoisotopic (exact) mass is 310 g/mol. The summed E-state index contributed by atoms with van der Waals surface area (Å²) in [4.78, 5) is 23.5. The van der Waals surface area contributed by atoms with Crippen molar-refractivity contribution in [1.82, 2.24) is 20.2 Å². The standard InChI is InChI=1S/C11H11ClN6O3/c1-2-5-17-15-11(14-16-17)13-10(19)8-6-7(18(20)21)3-4-9(8)12/h3-4,6H,2,5H2,1H3,(H,13,15,19). The van der Waals surface area contributed by atoms with Gasteiger partial charge in [-0.1, -0.05) is 23.6 Å². The molecule has 0 fully saturated rings. The Hall–Kier alpha value is -2.55. The molecule has 0 aliphatic carbocycles. The first-order valence-corrected chi connectivity index (χ1v) is 6.42. The molecule has 0 aliphatic heterocycles. The fourth-order valence-electron chi connectivity index (χ4n) is 1.56. The van der Waals surface area contributed by atoms with E-state index in [9.17, 15) is 14.9 Å². The molecule has 110 valence electrons. The quantitative estimate of drug-likeness (QED) is 0.666. The van der Waals surface area contributed by atoms with E-state index >= 15 is 0 Å². The lowest BCUT2D eigenvalue weighted by atomic mass is 10.2. The van der Waals surface area contributed by atoms with Crippen molar-refractivity contribution in [2.75, 3.05) is 5.32 Å². The number of non-ortho nitro benzene ring substituents is 1. The summed E-state index contributed by atoms with van der Waals surface area (Å²) in [7, 11) is 0. The van der Waals surface area contributed by atoms with Crippen LogP contribution in [0.15, 0.2) is 18.2 Å². The van der Waals surface area contributed by atoms with Gasteiger partial charge in [-0.05, 0) is 17.7 Å². The van der Waals surface area contributed by atoms with Crippen LogP contribution in [0, 0.1) is 10.1 Å². The molecule has 1 aromatic heterocycles. The zero-order chi connectivity index (χ0) is 15.4. The largest absolute Gasteiger partial charge is 0.288 e. The van der Waals surface area contributed by atoms with Crippen molar-refractivity contribution in [3.05, 3.63) is 38.9 Å². The van der Waals surface area contributed by atoms with Crippen molar-refractivity contribution in [2.24, 2.45) is 0 Å². The second-order valence-corrected chi connectivity index (χ2v) is 4.49. The first-order chi connectivity index (χ1) is 10.0. The summed E-state index contributed by atoms with van der Waals surface area (Å²) in [6.45, 7) is 2.52. The van der Waals surface area contributed by atoms with E-state index in [1.165, 1.54) is 16.9 Å². The summed E-state index contributed by atoms with van der Waals surface area (Å²) in [5.74, 6) is -0.629. The normalized spacial score (nSPS) is 10.4. The lowest BCUT2D eigenvalue weighted by Crippen LogP contribution is -2.14. The van der Waals surface area contributed by atoms with Gasteiger partial charge in [0.15, 0.2) is 0 Å². The van der Waals surface area contributed by atoms with Crippen molar-refractivity contribution in [1.29, 1.82) is 0 Å². The molecule has 2 rings (SSSR count). The molecule has 1 N–H and O–H groups in total. The molecule has 0 unspecified atom stereocenters. The first-order valence-electron chi connectivity index (χ1n) is 6.04. The van der Waals surface area contributed by atoms with E-state index in [4.69, 9.17) is 11.6 Å². The van der Waals surface area contributed by atoms with Crippen LogP contribution >= 0.6 is 11.6 Å². The van der Waals surface area contributed by atoms with Gasteiger partial charge in [-0.25, -0.2) is 0 Å². The molecule has 10 heteroatoms. The fraction of sp³-hybridized carbons (Fsp3) is 0.273. The van der Waals surface area contributed by atoms with Crippen molar-refractivity contribution in [3.8, 4) is 0 Å². The summed E-state index contributed by atoms with van der Waals surface area (Å²) < 4.78 is 0. The van der Waals surface area contributed by atoms with E-state index < -0.39 is 10.8 Å². The van der Waals surface area contributed by atoms with Crippen molar-refractivity contribution >= 4 is 29.1 Å². The number of anilines is 1. The Bertz CT molecular complexity index is 686. The number of halogens is 1. The summed E-state index contributed by atoms with van der Waals surface area (Å²) >= 11 is 5.87. The molecular formula is C11H11ClN6O3. The number of amides is 1. The number of nitrogens with one attached hydrogen (secondary N) is 1. The number of rotatable bonds is 5. The Labute approximate surface area is 124 Å². The van der Waals surface area contributed by atoms with Gasteiger partial charge < -0.3 is 0 Å². The number of benzene rings is 1. The molecule has 0 saturated carbocycles. The van der Waals surface area contributed by atoms with E-state index in [0.29, 0.717) is 6.54 Å². The molecule has 1 aromatic carbocycles. The first kappa shape index (κ1) is 14.9. The smallest absolute Gasteiger partial charge is 0.270 e. The van der Waals surface area contributed by atoms with Gasteiger partial charge in [0.05, 0.1) is 22.1 Å². The number of nitro groups is 1. The molecule has 0 spiro atoms. The molecule has 0 saturated heterocycles. The lowest BCUT2D eigenvalue weighted by Gasteiger charge is -2.03. The van der Waals surface area contributed by atoms with Gasteiger partial charge in [-0.3, -0.25) is 20.2 Å². The highest BCUT2D eigenvalue weighted by Crippen LogP contribution is 2.22. The minimum atomic E-state index is -0.639. The third-order valence-electron chi connectivity index (χ3n) is 2.51. The maximum atomic E-state index is 12.0. The molecule has 0 bridgehead atoms. The molecule has 2 aromatic rings. The van der Waals surface area contributed by atoms with Crippen LogP contribution in [0.2, 0.25) is 5.02 Å². The Kier molecular flexibility index (Phi) is 4.43. The van der Waals surface area contributed by atoms with Gasteiger partial charge in [0.1, 0.15) is 0 Å². The van der Waals surface area contributed by atoms with Crippen molar-refractivity contribution < 1.29 is 9.72 Å². The van der Waals surface area contributed by atoms with E-state index in [-0.39, 0.29) is 22.2 Å². The minimum Gasteiger partial charge on any atom is -0.288 e. The predicted molar refractivity (Wildman–Crippen MR) is 74.2 cm³/mol.